The lowest BCUT2D eigenvalue weighted by Crippen LogP contribution is -2.39. The van der Waals surface area contributed by atoms with Gasteiger partial charge in [-0.3, -0.25) is 14.5 Å². The van der Waals surface area contributed by atoms with Crippen LogP contribution >= 0.6 is 0 Å². The molecule has 0 saturated carbocycles. The summed E-state index contributed by atoms with van der Waals surface area (Å²) >= 11 is 0. The highest BCUT2D eigenvalue weighted by molar-refractivity contribution is 5.75. The molecule has 1 aliphatic rings. The maximum Gasteiger partial charge on any atom is 0.293 e. The normalized spacial score (nSPS) is 14.9. The van der Waals surface area contributed by atoms with Gasteiger partial charge in [-0.1, -0.05) is 30.3 Å². The van der Waals surface area contributed by atoms with Crippen LogP contribution in [0.4, 0.5) is 0 Å². The fourth-order valence-electron chi connectivity index (χ4n) is 3.35. The molecule has 1 saturated heterocycles. The van der Waals surface area contributed by atoms with Gasteiger partial charge in [0.2, 0.25) is 5.91 Å². The Hall–Kier alpha value is -3.04. The van der Waals surface area contributed by atoms with Gasteiger partial charge in [0, 0.05) is 25.2 Å². The number of fused-ring (bicyclic) bond motifs is 1. The Bertz CT molecular complexity index is 1020. The topological polar surface area (TPSA) is 93.8 Å². The van der Waals surface area contributed by atoms with Gasteiger partial charge in [0.1, 0.15) is 18.4 Å². The molecule has 1 amide bonds. The van der Waals surface area contributed by atoms with Crippen molar-refractivity contribution >= 4 is 11.4 Å². The fourth-order valence-corrected chi connectivity index (χ4v) is 3.35. The molecule has 3 aromatic rings. The van der Waals surface area contributed by atoms with Crippen molar-refractivity contribution in [2.24, 2.45) is 0 Å². The van der Waals surface area contributed by atoms with E-state index < -0.39 is 0 Å². The summed E-state index contributed by atoms with van der Waals surface area (Å²) < 4.78 is 7.94. The lowest BCUT2D eigenvalue weighted by Gasteiger charge is -2.26. The molecule has 2 aromatic heterocycles. The van der Waals surface area contributed by atoms with Gasteiger partial charge in [-0.05, 0) is 19.0 Å². The third-order valence-corrected chi connectivity index (χ3v) is 4.93. The highest BCUT2D eigenvalue weighted by Gasteiger charge is 2.13. The number of nitrogens with one attached hydrogen (secondary N) is 1. The first kappa shape index (κ1) is 19.3. The van der Waals surface area contributed by atoms with E-state index in [1.54, 1.807) is 6.07 Å². The maximum atomic E-state index is 12.7. The number of carbonyl (C=O) groups excluding carboxylic acids is 1. The summed E-state index contributed by atoms with van der Waals surface area (Å²) in [7, 11) is 0. The van der Waals surface area contributed by atoms with Crippen LogP contribution < -0.4 is 10.9 Å². The monoisotopic (exact) mass is 396 g/mol. The molecule has 1 aromatic carbocycles. The second-order valence-corrected chi connectivity index (χ2v) is 6.98. The molecule has 0 radical (unpaired) electrons. The minimum Gasteiger partial charge on any atom is -0.379 e. The second kappa shape index (κ2) is 8.97. The number of hydrogen-bond acceptors (Lipinski definition) is 6. The molecule has 1 N–H and O–H groups in total. The smallest absolute Gasteiger partial charge is 0.293 e. The highest BCUT2D eigenvalue weighted by Crippen LogP contribution is 2.17. The molecule has 0 spiro atoms. The van der Waals surface area contributed by atoms with E-state index in [1.165, 1.54) is 15.5 Å². The zero-order valence-electron chi connectivity index (χ0n) is 16.2. The van der Waals surface area contributed by atoms with Gasteiger partial charge in [-0.15, -0.1) is 0 Å². The predicted molar refractivity (Wildman–Crippen MR) is 108 cm³/mol. The Balaban J connectivity index is 1.35. The Morgan fingerprint density at radius 3 is 2.76 bits per heavy atom. The number of morpholine rings is 1. The molecular weight excluding hydrogens is 372 g/mol. The van der Waals surface area contributed by atoms with Crippen LogP contribution in [-0.4, -0.2) is 69.6 Å². The lowest BCUT2D eigenvalue weighted by molar-refractivity contribution is -0.121. The van der Waals surface area contributed by atoms with Gasteiger partial charge in [-0.2, -0.15) is 10.2 Å². The van der Waals surface area contributed by atoms with Crippen molar-refractivity contribution in [3.8, 4) is 11.3 Å². The number of hydrogen-bond donors (Lipinski definition) is 1. The van der Waals surface area contributed by atoms with E-state index in [9.17, 15) is 9.59 Å². The van der Waals surface area contributed by atoms with Crippen LogP contribution in [0.25, 0.3) is 16.8 Å². The van der Waals surface area contributed by atoms with Gasteiger partial charge >= 0.3 is 0 Å². The Labute approximate surface area is 167 Å². The molecular formula is C20H24N6O3. The van der Waals surface area contributed by atoms with Crippen molar-refractivity contribution in [2.75, 3.05) is 39.4 Å². The molecule has 152 valence electrons. The predicted octanol–water partition coefficient (Wildman–Crippen LogP) is 0.397. The van der Waals surface area contributed by atoms with Gasteiger partial charge in [0.05, 0.1) is 18.9 Å². The van der Waals surface area contributed by atoms with Crippen molar-refractivity contribution in [2.45, 2.75) is 13.0 Å². The van der Waals surface area contributed by atoms with E-state index in [0.717, 1.165) is 44.8 Å². The first-order valence-electron chi connectivity index (χ1n) is 9.78. The number of ether oxygens (including phenoxy) is 1. The average molecular weight is 396 g/mol. The largest absolute Gasteiger partial charge is 0.379 e. The minimum atomic E-state index is -0.342. The maximum absolute atomic E-state index is 12.7. The van der Waals surface area contributed by atoms with Gasteiger partial charge in [-0.25, -0.2) is 9.20 Å². The average Bonchev–Trinajstić information content (AvgIpc) is 3.20. The van der Waals surface area contributed by atoms with Crippen molar-refractivity contribution in [3.05, 3.63) is 53.1 Å². The molecule has 0 atom stereocenters. The molecule has 0 unspecified atom stereocenters. The lowest BCUT2D eigenvalue weighted by atomic mass is 10.1. The zero-order chi connectivity index (χ0) is 20.1. The summed E-state index contributed by atoms with van der Waals surface area (Å²) in [5, 5.41) is 11.3. The number of aromatic nitrogens is 4. The summed E-state index contributed by atoms with van der Waals surface area (Å²) in [5.74, 6) is -0.228. The van der Waals surface area contributed by atoms with Crippen LogP contribution in [0.2, 0.25) is 0 Å². The number of benzene rings is 1. The van der Waals surface area contributed by atoms with E-state index in [1.807, 2.05) is 30.3 Å². The third kappa shape index (κ3) is 4.69. The third-order valence-electron chi connectivity index (χ3n) is 4.93. The highest BCUT2D eigenvalue weighted by atomic mass is 16.5. The van der Waals surface area contributed by atoms with Gasteiger partial charge in [0.25, 0.3) is 5.56 Å². The van der Waals surface area contributed by atoms with E-state index in [-0.39, 0.29) is 18.0 Å². The summed E-state index contributed by atoms with van der Waals surface area (Å²) in [4.78, 5) is 27.2. The van der Waals surface area contributed by atoms with Crippen molar-refractivity contribution < 1.29 is 9.53 Å². The molecule has 4 rings (SSSR count). The number of amides is 1. The molecule has 3 heterocycles. The van der Waals surface area contributed by atoms with Crippen molar-refractivity contribution in [3.63, 3.8) is 0 Å². The number of carbonyl (C=O) groups is 1. The van der Waals surface area contributed by atoms with Crippen LogP contribution in [0.15, 0.2) is 47.5 Å². The summed E-state index contributed by atoms with van der Waals surface area (Å²) in [6.45, 7) is 4.78. The molecule has 29 heavy (non-hydrogen) atoms. The summed E-state index contributed by atoms with van der Waals surface area (Å²) in [6.07, 6.45) is 2.31. The van der Waals surface area contributed by atoms with Crippen molar-refractivity contribution in [1.82, 2.24) is 29.6 Å². The summed E-state index contributed by atoms with van der Waals surface area (Å²) in [6, 6.07) is 11.3. The molecule has 0 aliphatic carbocycles. The Morgan fingerprint density at radius 2 is 1.97 bits per heavy atom. The van der Waals surface area contributed by atoms with Crippen LogP contribution in [0.3, 0.4) is 0 Å². The van der Waals surface area contributed by atoms with Crippen LogP contribution in [0.1, 0.15) is 6.42 Å². The molecule has 1 fully saturated rings. The van der Waals surface area contributed by atoms with Crippen LogP contribution in [-0.2, 0) is 16.1 Å². The quantitative estimate of drug-likeness (QED) is 0.581. The standard InChI is InChI=1S/C20H24N6O3/c27-19(21-7-4-8-24-9-11-29-12-10-24)14-25-20(28)18-13-17(23-26(18)15-22-25)16-5-2-1-3-6-16/h1-3,5-6,13,15H,4,7-12,14H2,(H,21,27). The SMILES string of the molecule is O=C(Cn1ncn2nc(-c3ccccc3)cc2c1=O)NCCCN1CCOCC1. The molecule has 9 nitrogen and oxygen atoms in total. The Morgan fingerprint density at radius 1 is 1.17 bits per heavy atom. The van der Waals surface area contributed by atoms with Gasteiger partial charge in [0.15, 0.2) is 0 Å². The molecule has 1 aliphatic heterocycles. The number of rotatable bonds is 7. The molecule has 9 heteroatoms. The van der Waals surface area contributed by atoms with E-state index in [2.05, 4.69) is 20.4 Å². The first-order chi connectivity index (χ1) is 14.2. The first-order valence-corrected chi connectivity index (χ1v) is 9.78. The number of nitrogens with zero attached hydrogens (tertiary/aromatic N) is 5. The molecule has 0 bridgehead atoms. The van der Waals surface area contributed by atoms with E-state index >= 15 is 0 Å². The van der Waals surface area contributed by atoms with Crippen LogP contribution in [0.5, 0.6) is 0 Å². The van der Waals surface area contributed by atoms with Crippen LogP contribution in [0, 0.1) is 0 Å². The minimum absolute atomic E-state index is 0.112. The van der Waals surface area contributed by atoms with E-state index in [4.69, 9.17) is 4.74 Å². The summed E-state index contributed by atoms with van der Waals surface area (Å²) in [5.41, 5.74) is 1.65. The van der Waals surface area contributed by atoms with Gasteiger partial charge < -0.3 is 10.1 Å². The fraction of sp³-hybridized carbons (Fsp3) is 0.400. The van der Waals surface area contributed by atoms with Crippen molar-refractivity contribution in [1.29, 1.82) is 0 Å². The van der Waals surface area contributed by atoms with E-state index in [0.29, 0.717) is 17.8 Å². The second-order valence-electron chi connectivity index (χ2n) is 6.98. The Kier molecular flexibility index (Phi) is 5.97. The zero-order valence-corrected chi connectivity index (χ0v) is 16.2.